The molecule has 0 bridgehead atoms. The second-order valence-corrected chi connectivity index (χ2v) is 3.36. The van der Waals surface area contributed by atoms with Crippen molar-refractivity contribution >= 4 is 12.3 Å². The highest BCUT2D eigenvalue weighted by Crippen LogP contribution is 2.17. The third-order valence-electron chi connectivity index (χ3n) is 2.34. The number of carboxylic acids is 1. The maximum atomic E-state index is 10.8. The van der Waals surface area contributed by atoms with E-state index in [9.17, 15) is 9.59 Å². The fourth-order valence-corrected chi connectivity index (χ4v) is 1.54. The van der Waals surface area contributed by atoms with Crippen LogP contribution < -0.4 is 0 Å². The molecule has 16 heavy (non-hydrogen) atoms. The highest BCUT2D eigenvalue weighted by Gasteiger charge is 2.11. The van der Waals surface area contributed by atoms with Gasteiger partial charge in [-0.05, 0) is 29.7 Å². The molecular formula is C12H11NO3. The molecule has 0 aliphatic heterocycles. The molecule has 0 saturated heterocycles. The molecule has 0 aromatic heterocycles. The van der Waals surface area contributed by atoms with E-state index in [2.05, 4.69) is 0 Å². The lowest BCUT2D eigenvalue weighted by Gasteiger charge is -2.06. The average molecular weight is 217 g/mol. The molecule has 0 aliphatic rings. The minimum atomic E-state index is -1.02. The van der Waals surface area contributed by atoms with E-state index in [-0.39, 0.29) is 6.42 Å². The molecule has 82 valence electrons. The first-order valence-corrected chi connectivity index (χ1v) is 4.85. The highest BCUT2D eigenvalue weighted by atomic mass is 16.4. The van der Waals surface area contributed by atoms with E-state index >= 15 is 0 Å². The number of nitrogens with zero attached hydrogens (tertiary/aromatic N) is 1. The van der Waals surface area contributed by atoms with Gasteiger partial charge in [0.05, 0.1) is 18.1 Å². The van der Waals surface area contributed by atoms with E-state index in [0.717, 1.165) is 5.56 Å². The smallest absolute Gasteiger partial charge is 0.307 e. The Balaban J connectivity index is 3.32. The number of hydrogen-bond donors (Lipinski definition) is 1. The van der Waals surface area contributed by atoms with Crippen molar-refractivity contribution in [1.29, 1.82) is 5.26 Å². The predicted molar refractivity (Wildman–Crippen MR) is 57.3 cm³/mol. The quantitative estimate of drug-likeness (QED) is 0.776. The van der Waals surface area contributed by atoms with Crippen molar-refractivity contribution < 1.29 is 14.7 Å². The minimum Gasteiger partial charge on any atom is -0.481 e. The summed E-state index contributed by atoms with van der Waals surface area (Å²) in [5, 5.41) is 17.6. The van der Waals surface area contributed by atoms with Gasteiger partial charge in [-0.15, -0.1) is 0 Å². The van der Waals surface area contributed by atoms with E-state index < -0.39 is 5.97 Å². The van der Waals surface area contributed by atoms with Gasteiger partial charge >= 0.3 is 5.97 Å². The second kappa shape index (κ2) is 5.08. The van der Waals surface area contributed by atoms with Gasteiger partial charge in [0, 0.05) is 5.56 Å². The van der Waals surface area contributed by atoms with Crippen molar-refractivity contribution in [2.75, 3.05) is 0 Å². The molecule has 0 saturated carbocycles. The first-order chi connectivity index (χ1) is 7.62. The van der Waals surface area contributed by atoms with Crippen LogP contribution in [0.4, 0.5) is 0 Å². The van der Waals surface area contributed by atoms with Gasteiger partial charge in [0.15, 0.2) is 0 Å². The predicted octanol–water partition coefficient (Wildman–Crippen LogP) is 1.56. The molecule has 0 fully saturated rings. The molecule has 1 rings (SSSR count). The topological polar surface area (TPSA) is 78.2 Å². The minimum absolute atomic E-state index is 0.242. The Hall–Kier alpha value is -2.15. The molecule has 0 spiro atoms. The van der Waals surface area contributed by atoms with E-state index in [1.54, 1.807) is 6.07 Å². The molecule has 0 unspecified atom stereocenters. The molecule has 4 heteroatoms. The van der Waals surface area contributed by atoms with Gasteiger partial charge in [-0.2, -0.15) is 5.26 Å². The van der Waals surface area contributed by atoms with Crippen LogP contribution in [0.15, 0.2) is 12.1 Å². The summed E-state index contributed by atoms with van der Waals surface area (Å²) in [6, 6.07) is 5.02. The highest BCUT2D eigenvalue weighted by molar-refractivity contribution is 5.80. The first kappa shape index (κ1) is 11.9. The van der Waals surface area contributed by atoms with Gasteiger partial charge in [0.2, 0.25) is 0 Å². The maximum absolute atomic E-state index is 10.8. The SMILES string of the molecule is CCc1cc(C#N)c(CC(=O)O)cc1C=O. The second-order valence-electron chi connectivity index (χ2n) is 3.36. The normalized spacial score (nSPS) is 9.50. The zero-order chi connectivity index (χ0) is 12.1. The van der Waals surface area contributed by atoms with Crippen molar-refractivity contribution in [1.82, 2.24) is 0 Å². The van der Waals surface area contributed by atoms with E-state index in [0.29, 0.717) is 29.4 Å². The number of carbonyl (C=O) groups is 2. The van der Waals surface area contributed by atoms with Gasteiger partial charge < -0.3 is 5.11 Å². The third-order valence-corrected chi connectivity index (χ3v) is 2.34. The van der Waals surface area contributed by atoms with Crippen LogP contribution in [0.5, 0.6) is 0 Å². The molecule has 0 amide bonds. The number of nitriles is 1. The summed E-state index contributed by atoms with van der Waals surface area (Å²) in [4.78, 5) is 21.4. The summed E-state index contributed by atoms with van der Waals surface area (Å²) in [6.45, 7) is 1.88. The molecule has 4 nitrogen and oxygen atoms in total. The molecule has 0 aliphatic carbocycles. The van der Waals surface area contributed by atoms with Crippen LogP contribution in [-0.2, 0) is 17.6 Å². The summed E-state index contributed by atoms with van der Waals surface area (Å²) in [7, 11) is 0. The molecule has 0 heterocycles. The Labute approximate surface area is 93.1 Å². The lowest BCUT2D eigenvalue weighted by atomic mass is 9.96. The fourth-order valence-electron chi connectivity index (χ4n) is 1.54. The standard InChI is InChI=1S/C12H11NO3/c1-2-8-3-10(6-13)9(5-12(15)16)4-11(8)7-14/h3-4,7H,2,5H2,1H3,(H,15,16). The maximum Gasteiger partial charge on any atom is 0.307 e. The number of rotatable bonds is 4. The number of aliphatic carboxylic acids is 1. The third kappa shape index (κ3) is 2.45. The molecule has 0 radical (unpaired) electrons. The monoisotopic (exact) mass is 217 g/mol. The number of aryl methyl sites for hydroxylation is 1. The lowest BCUT2D eigenvalue weighted by molar-refractivity contribution is -0.136. The van der Waals surface area contributed by atoms with Crippen molar-refractivity contribution in [3.05, 3.63) is 34.4 Å². The first-order valence-electron chi connectivity index (χ1n) is 4.85. The van der Waals surface area contributed by atoms with E-state index in [1.165, 1.54) is 6.07 Å². The number of aldehydes is 1. The summed E-state index contributed by atoms with van der Waals surface area (Å²) in [6.07, 6.45) is 1.08. The largest absolute Gasteiger partial charge is 0.481 e. The van der Waals surface area contributed by atoms with Gasteiger partial charge in [0.25, 0.3) is 0 Å². The van der Waals surface area contributed by atoms with Crippen molar-refractivity contribution in [3.8, 4) is 6.07 Å². The van der Waals surface area contributed by atoms with E-state index in [4.69, 9.17) is 10.4 Å². The number of benzene rings is 1. The zero-order valence-corrected chi connectivity index (χ0v) is 8.86. The molecule has 1 aromatic rings. The number of carbonyl (C=O) groups excluding carboxylic acids is 1. The zero-order valence-electron chi connectivity index (χ0n) is 8.86. The van der Waals surface area contributed by atoms with Crippen LogP contribution in [0.3, 0.4) is 0 Å². The van der Waals surface area contributed by atoms with Crippen LogP contribution in [0.1, 0.15) is 34.0 Å². The number of hydrogen-bond acceptors (Lipinski definition) is 3. The van der Waals surface area contributed by atoms with Crippen molar-refractivity contribution in [2.24, 2.45) is 0 Å². The van der Waals surface area contributed by atoms with Gasteiger partial charge in [-0.3, -0.25) is 9.59 Å². The Morgan fingerprint density at radius 3 is 2.62 bits per heavy atom. The molecular weight excluding hydrogens is 206 g/mol. The fraction of sp³-hybridized carbons (Fsp3) is 0.250. The Bertz CT molecular complexity index is 472. The van der Waals surface area contributed by atoms with Crippen LogP contribution >= 0.6 is 0 Å². The van der Waals surface area contributed by atoms with Gasteiger partial charge in [-0.25, -0.2) is 0 Å². The average Bonchev–Trinajstić information content (AvgIpc) is 2.27. The Kier molecular flexibility index (Phi) is 3.78. The summed E-state index contributed by atoms with van der Waals surface area (Å²) < 4.78 is 0. The number of carboxylic acid groups (broad SMARTS) is 1. The molecule has 1 aromatic carbocycles. The van der Waals surface area contributed by atoms with Crippen LogP contribution in [-0.4, -0.2) is 17.4 Å². The Morgan fingerprint density at radius 2 is 2.19 bits per heavy atom. The molecule has 1 N–H and O–H groups in total. The Morgan fingerprint density at radius 1 is 1.50 bits per heavy atom. The van der Waals surface area contributed by atoms with E-state index in [1.807, 2.05) is 13.0 Å². The van der Waals surface area contributed by atoms with Crippen LogP contribution in [0, 0.1) is 11.3 Å². The van der Waals surface area contributed by atoms with Crippen molar-refractivity contribution in [2.45, 2.75) is 19.8 Å². The van der Waals surface area contributed by atoms with Gasteiger partial charge in [-0.1, -0.05) is 6.92 Å². The van der Waals surface area contributed by atoms with Crippen LogP contribution in [0.25, 0.3) is 0 Å². The van der Waals surface area contributed by atoms with Crippen LogP contribution in [0.2, 0.25) is 0 Å². The lowest BCUT2D eigenvalue weighted by Crippen LogP contribution is -2.05. The van der Waals surface area contributed by atoms with Gasteiger partial charge in [0.1, 0.15) is 6.29 Å². The summed E-state index contributed by atoms with van der Waals surface area (Å²) in [5.74, 6) is -1.02. The summed E-state index contributed by atoms with van der Waals surface area (Å²) in [5.41, 5.74) is 1.93. The molecule has 0 atom stereocenters. The van der Waals surface area contributed by atoms with Crippen molar-refractivity contribution in [3.63, 3.8) is 0 Å². The summed E-state index contributed by atoms with van der Waals surface area (Å²) >= 11 is 0.